The van der Waals surface area contributed by atoms with Crippen LogP contribution in [0.25, 0.3) is 10.8 Å². The zero-order chi connectivity index (χ0) is 34.2. The van der Waals surface area contributed by atoms with Gasteiger partial charge in [0.2, 0.25) is 0 Å². The monoisotopic (exact) mass is 615 g/mol. The average molecular weight is 616 g/mol. The van der Waals surface area contributed by atoms with Crippen molar-refractivity contribution in [2.24, 2.45) is 0 Å². The first-order valence-corrected chi connectivity index (χ1v) is 15.4. The fourth-order valence-electron chi connectivity index (χ4n) is 3.91. The van der Waals surface area contributed by atoms with Crippen LogP contribution in [0.15, 0.2) is 104 Å². The highest BCUT2D eigenvalue weighted by Crippen LogP contribution is 2.25. The molecule has 240 valence electrons. The highest BCUT2D eigenvalue weighted by Gasteiger charge is 2.00. The summed E-state index contributed by atoms with van der Waals surface area (Å²) in [7, 11) is 0. The Balaban J connectivity index is 0.000000202. The van der Waals surface area contributed by atoms with Gasteiger partial charge in [0.05, 0.1) is 11.4 Å². The molecule has 2 heterocycles. The van der Waals surface area contributed by atoms with Crippen LogP contribution in [-0.2, 0) is 0 Å². The van der Waals surface area contributed by atoms with Gasteiger partial charge in [0.15, 0.2) is 0 Å². The predicted molar refractivity (Wildman–Crippen MR) is 194 cm³/mol. The summed E-state index contributed by atoms with van der Waals surface area (Å²) in [5.41, 5.74) is 10.9. The van der Waals surface area contributed by atoms with Crippen LogP contribution in [0.3, 0.4) is 0 Å². The average Bonchev–Trinajstić information content (AvgIpc) is 3.02. The second-order valence-electron chi connectivity index (χ2n) is 11.7. The maximum atomic E-state index is 9.11. The molecule has 0 bridgehead atoms. The van der Waals surface area contributed by atoms with Gasteiger partial charge in [0, 0.05) is 24.3 Å². The summed E-state index contributed by atoms with van der Waals surface area (Å²) in [6, 6.07) is 28.7. The number of phenolic OH excluding ortho intramolecular Hbond substituents is 2. The number of aromatic nitrogens is 3. The first-order chi connectivity index (χ1) is 21.7. The summed E-state index contributed by atoms with van der Waals surface area (Å²) in [6.45, 7) is 19.8. The zero-order valence-electron chi connectivity index (χ0n) is 29.1. The third kappa shape index (κ3) is 14.2. The number of hydrogen-bond donors (Lipinski definition) is 2. The molecule has 0 spiro atoms. The number of aromatic hydroxyl groups is 2. The summed E-state index contributed by atoms with van der Waals surface area (Å²) >= 11 is 0. The van der Waals surface area contributed by atoms with E-state index < -0.39 is 0 Å². The highest BCUT2D eigenvalue weighted by molar-refractivity contribution is 5.83. The largest absolute Gasteiger partial charge is 0.508 e. The van der Waals surface area contributed by atoms with Crippen molar-refractivity contribution >= 4 is 10.8 Å². The Morgan fingerprint density at radius 1 is 0.348 bits per heavy atom. The number of benzene rings is 4. The molecule has 6 rings (SSSR count). The maximum absolute atomic E-state index is 9.11. The summed E-state index contributed by atoms with van der Waals surface area (Å²) in [5.74, 6) is 0.464. The van der Waals surface area contributed by atoms with Crippen LogP contribution in [0.1, 0.15) is 56.0 Å². The van der Waals surface area contributed by atoms with E-state index in [1.165, 1.54) is 38.6 Å². The third-order valence-corrected chi connectivity index (χ3v) is 6.85. The standard InChI is InChI=1S/C12H12.C8H10O2.C8H10.C7H9N.C6H8N2/c1-9-3-5-12-8-10(2)4-6-11(12)7-9;1-5-3-8(10)6(2)4-7(5)9;1-7-3-5-8(2)6-4-7;1-6-3-4-7(2)8-5-6;1-5-3-8-6(2)4-7-5/h3-8H,1-2H3;3-4,9-10H,1-2H3;3-6H,1-2H3;3-5H,1-2H3;3-4H,1-2H3. The number of hydrogen-bond acceptors (Lipinski definition) is 5. The molecular weight excluding hydrogens is 566 g/mol. The number of pyridine rings is 1. The predicted octanol–water partition coefficient (Wildman–Crippen LogP) is 10.3. The van der Waals surface area contributed by atoms with E-state index in [0.29, 0.717) is 11.1 Å². The number of fused-ring (bicyclic) bond motifs is 1. The summed E-state index contributed by atoms with van der Waals surface area (Å²) < 4.78 is 0. The van der Waals surface area contributed by atoms with E-state index >= 15 is 0 Å². The molecule has 0 unspecified atom stereocenters. The van der Waals surface area contributed by atoms with Gasteiger partial charge in [-0.15, -0.1) is 0 Å². The fraction of sp³-hybridized carbons (Fsp3) is 0.244. The Hall–Kier alpha value is -5.03. The summed E-state index contributed by atoms with van der Waals surface area (Å²) in [4.78, 5) is 12.1. The fourth-order valence-corrected chi connectivity index (χ4v) is 3.91. The van der Waals surface area contributed by atoms with Crippen molar-refractivity contribution in [3.8, 4) is 11.5 Å². The SMILES string of the molecule is Cc1cc(O)c(C)cc1O.Cc1ccc(C)cc1.Cc1ccc(C)nc1.Cc1ccc2cc(C)ccc2c1.Cc1cnc(C)cn1. The van der Waals surface area contributed by atoms with E-state index in [4.69, 9.17) is 10.2 Å². The van der Waals surface area contributed by atoms with Crippen molar-refractivity contribution in [2.75, 3.05) is 0 Å². The molecule has 0 saturated carbocycles. The molecule has 2 N–H and O–H groups in total. The van der Waals surface area contributed by atoms with Crippen LogP contribution >= 0.6 is 0 Å². The second kappa shape index (κ2) is 18.7. The molecule has 6 aromatic rings. The molecule has 0 atom stereocenters. The van der Waals surface area contributed by atoms with Crippen LogP contribution in [-0.4, -0.2) is 25.2 Å². The Labute approximate surface area is 275 Å². The molecule has 0 amide bonds. The Bertz CT molecular complexity index is 1520. The second-order valence-corrected chi connectivity index (χ2v) is 11.7. The van der Waals surface area contributed by atoms with Gasteiger partial charge < -0.3 is 10.2 Å². The van der Waals surface area contributed by atoms with Crippen molar-refractivity contribution in [1.29, 1.82) is 0 Å². The molecular formula is C41H49N3O2. The quantitative estimate of drug-likeness (QED) is 0.166. The van der Waals surface area contributed by atoms with Gasteiger partial charge in [-0.3, -0.25) is 15.0 Å². The van der Waals surface area contributed by atoms with Crippen molar-refractivity contribution in [3.05, 3.63) is 160 Å². The number of nitrogens with zero attached hydrogens (tertiary/aromatic N) is 3. The van der Waals surface area contributed by atoms with Crippen LogP contribution in [0.2, 0.25) is 0 Å². The third-order valence-electron chi connectivity index (χ3n) is 6.85. The van der Waals surface area contributed by atoms with Gasteiger partial charge in [0.1, 0.15) is 11.5 Å². The molecule has 5 nitrogen and oxygen atoms in total. The van der Waals surface area contributed by atoms with E-state index in [9.17, 15) is 0 Å². The smallest absolute Gasteiger partial charge is 0.119 e. The Morgan fingerprint density at radius 2 is 0.696 bits per heavy atom. The molecule has 0 aliphatic carbocycles. The Kier molecular flexibility index (Phi) is 15.1. The number of rotatable bonds is 0. The molecule has 0 fully saturated rings. The van der Waals surface area contributed by atoms with Gasteiger partial charge in [-0.1, -0.05) is 89.0 Å². The van der Waals surface area contributed by atoms with Crippen LogP contribution in [0, 0.1) is 69.2 Å². The molecule has 0 aliphatic heterocycles. The van der Waals surface area contributed by atoms with Crippen LogP contribution < -0.4 is 0 Å². The van der Waals surface area contributed by atoms with E-state index in [-0.39, 0.29) is 11.5 Å². The molecule has 2 aromatic heterocycles. The minimum atomic E-state index is 0.232. The summed E-state index contributed by atoms with van der Waals surface area (Å²) in [5, 5.41) is 20.9. The normalized spacial score (nSPS) is 9.70. The lowest BCUT2D eigenvalue weighted by Gasteiger charge is -2.01. The van der Waals surface area contributed by atoms with Crippen LogP contribution in [0.5, 0.6) is 11.5 Å². The first kappa shape index (κ1) is 37.2. The molecule has 0 saturated heterocycles. The van der Waals surface area contributed by atoms with Gasteiger partial charge >= 0.3 is 0 Å². The van der Waals surface area contributed by atoms with Crippen molar-refractivity contribution in [2.45, 2.75) is 69.2 Å². The molecule has 0 aliphatic rings. The lowest BCUT2D eigenvalue weighted by atomic mass is 10.1. The minimum absolute atomic E-state index is 0.232. The van der Waals surface area contributed by atoms with E-state index in [1.807, 2.05) is 40.0 Å². The molecule has 0 radical (unpaired) electrons. The minimum Gasteiger partial charge on any atom is -0.508 e. The van der Waals surface area contributed by atoms with Gasteiger partial charge in [-0.2, -0.15) is 0 Å². The molecule has 4 aromatic carbocycles. The van der Waals surface area contributed by atoms with E-state index in [0.717, 1.165) is 17.1 Å². The van der Waals surface area contributed by atoms with Crippen LogP contribution in [0.4, 0.5) is 0 Å². The van der Waals surface area contributed by atoms with Crippen molar-refractivity contribution in [1.82, 2.24) is 15.0 Å². The first-order valence-electron chi connectivity index (χ1n) is 15.4. The molecule has 46 heavy (non-hydrogen) atoms. The van der Waals surface area contributed by atoms with Crippen molar-refractivity contribution in [3.63, 3.8) is 0 Å². The lowest BCUT2D eigenvalue weighted by Crippen LogP contribution is -1.84. The van der Waals surface area contributed by atoms with Gasteiger partial charge in [0.25, 0.3) is 0 Å². The van der Waals surface area contributed by atoms with Crippen molar-refractivity contribution < 1.29 is 10.2 Å². The summed E-state index contributed by atoms with van der Waals surface area (Å²) in [6.07, 6.45) is 5.39. The topological polar surface area (TPSA) is 79.1 Å². The Morgan fingerprint density at radius 3 is 1.02 bits per heavy atom. The van der Waals surface area contributed by atoms with Gasteiger partial charge in [-0.25, -0.2) is 0 Å². The zero-order valence-corrected chi connectivity index (χ0v) is 29.1. The lowest BCUT2D eigenvalue weighted by molar-refractivity contribution is 0.453. The highest BCUT2D eigenvalue weighted by atomic mass is 16.3. The molecule has 5 heteroatoms. The maximum Gasteiger partial charge on any atom is 0.119 e. The van der Waals surface area contributed by atoms with Gasteiger partial charge in [-0.05, 0) is 115 Å². The van der Waals surface area contributed by atoms with E-state index in [2.05, 4.69) is 109 Å². The van der Waals surface area contributed by atoms with E-state index in [1.54, 1.807) is 38.4 Å². The number of phenols is 2. The number of aryl methyl sites for hydroxylation is 10.